The van der Waals surface area contributed by atoms with E-state index in [0.29, 0.717) is 5.56 Å². The number of carbonyl (C=O) groups is 1. The Labute approximate surface area is 117 Å². The Morgan fingerprint density at radius 3 is 2.71 bits per heavy atom. The van der Waals surface area contributed by atoms with Gasteiger partial charge < -0.3 is 9.84 Å². The molecule has 21 heavy (non-hydrogen) atoms. The van der Waals surface area contributed by atoms with Gasteiger partial charge in [-0.1, -0.05) is 6.07 Å². The fraction of sp³-hybridized carbons (Fsp3) is 0.0769. The van der Waals surface area contributed by atoms with Crippen molar-refractivity contribution in [1.29, 1.82) is 0 Å². The number of nitro groups is 1. The van der Waals surface area contributed by atoms with Crippen molar-refractivity contribution in [2.24, 2.45) is 0 Å². The highest BCUT2D eigenvalue weighted by atomic mass is 19.1. The summed E-state index contributed by atoms with van der Waals surface area (Å²) in [5.74, 6) is -2.43. The van der Waals surface area contributed by atoms with Crippen LogP contribution in [0, 0.1) is 22.9 Å². The van der Waals surface area contributed by atoms with Crippen molar-refractivity contribution in [3.8, 4) is 11.6 Å². The summed E-state index contributed by atoms with van der Waals surface area (Å²) in [6.45, 7) is 1.61. The fourth-order valence-electron chi connectivity index (χ4n) is 1.55. The van der Waals surface area contributed by atoms with Crippen molar-refractivity contribution in [1.82, 2.24) is 4.98 Å². The second kappa shape index (κ2) is 5.53. The van der Waals surface area contributed by atoms with Crippen molar-refractivity contribution in [3.63, 3.8) is 0 Å². The van der Waals surface area contributed by atoms with Crippen LogP contribution in [0.25, 0.3) is 0 Å². The molecule has 1 aromatic carbocycles. The quantitative estimate of drug-likeness (QED) is 0.686. The van der Waals surface area contributed by atoms with Gasteiger partial charge in [0.25, 0.3) is 5.88 Å². The van der Waals surface area contributed by atoms with E-state index in [1.807, 2.05) is 0 Å². The first-order valence-electron chi connectivity index (χ1n) is 5.71. The zero-order valence-corrected chi connectivity index (χ0v) is 10.7. The minimum Gasteiger partial charge on any atom is -0.477 e. The molecule has 0 bridgehead atoms. The van der Waals surface area contributed by atoms with Crippen molar-refractivity contribution in [3.05, 3.63) is 57.5 Å². The van der Waals surface area contributed by atoms with E-state index in [4.69, 9.17) is 9.84 Å². The molecular weight excluding hydrogens is 283 g/mol. The Morgan fingerprint density at radius 2 is 2.10 bits per heavy atom. The number of pyridine rings is 1. The molecule has 0 aliphatic rings. The molecule has 108 valence electrons. The zero-order valence-electron chi connectivity index (χ0n) is 10.7. The molecule has 0 saturated carbocycles. The van der Waals surface area contributed by atoms with Crippen molar-refractivity contribution < 1.29 is 24.0 Å². The van der Waals surface area contributed by atoms with E-state index in [1.165, 1.54) is 12.1 Å². The van der Waals surface area contributed by atoms with Crippen LogP contribution in [0.5, 0.6) is 11.6 Å². The maximum Gasteiger partial charge on any atom is 0.354 e. The Hall–Kier alpha value is -3.03. The van der Waals surface area contributed by atoms with Gasteiger partial charge in [0.1, 0.15) is 11.6 Å². The lowest BCUT2D eigenvalue weighted by Gasteiger charge is -2.08. The average molecular weight is 292 g/mol. The molecule has 0 atom stereocenters. The van der Waals surface area contributed by atoms with Gasteiger partial charge in [-0.25, -0.2) is 9.18 Å². The molecule has 0 spiro atoms. The molecule has 0 amide bonds. The summed E-state index contributed by atoms with van der Waals surface area (Å²) in [5, 5.41) is 19.8. The van der Waals surface area contributed by atoms with Gasteiger partial charge in [0.05, 0.1) is 4.92 Å². The maximum atomic E-state index is 13.2. The second-order valence-electron chi connectivity index (χ2n) is 4.09. The number of aromatic nitrogens is 1. The number of nitrogens with zero attached hydrogens (tertiary/aromatic N) is 2. The maximum absolute atomic E-state index is 13.2. The van der Waals surface area contributed by atoms with Crippen LogP contribution in [0.1, 0.15) is 16.1 Å². The van der Waals surface area contributed by atoms with Crippen LogP contribution in [-0.4, -0.2) is 21.0 Å². The predicted molar refractivity (Wildman–Crippen MR) is 69.1 cm³/mol. The largest absolute Gasteiger partial charge is 0.477 e. The molecule has 2 aromatic rings. The molecule has 0 saturated heterocycles. The Kier molecular flexibility index (Phi) is 3.79. The molecule has 0 aliphatic carbocycles. The summed E-state index contributed by atoms with van der Waals surface area (Å²) in [6.07, 6.45) is 0. The van der Waals surface area contributed by atoms with Gasteiger partial charge in [0.15, 0.2) is 5.69 Å². The number of hydrogen-bond donors (Lipinski definition) is 1. The van der Waals surface area contributed by atoms with Crippen LogP contribution < -0.4 is 4.74 Å². The molecule has 1 N–H and O–H groups in total. The number of rotatable bonds is 4. The number of hydrogen-bond acceptors (Lipinski definition) is 5. The lowest BCUT2D eigenvalue weighted by Crippen LogP contribution is -2.04. The number of ether oxygens (including phenoxy) is 1. The van der Waals surface area contributed by atoms with Gasteiger partial charge >= 0.3 is 11.7 Å². The molecule has 0 fully saturated rings. The minimum atomic E-state index is -1.36. The van der Waals surface area contributed by atoms with Gasteiger partial charge in [-0.2, -0.15) is 4.98 Å². The predicted octanol–water partition coefficient (Wildman–Crippen LogP) is 2.93. The number of aryl methyl sites for hydroxylation is 1. The highest BCUT2D eigenvalue weighted by Gasteiger charge is 2.21. The van der Waals surface area contributed by atoms with Crippen LogP contribution >= 0.6 is 0 Å². The SMILES string of the molecule is Cc1ccc(F)cc1Oc1nc(C(=O)O)ccc1[N+](=O)[O-]. The summed E-state index contributed by atoms with van der Waals surface area (Å²) in [7, 11) is 0. The van der Waals surface area contributed by atoms with E-state index in [-0.39, 0.29) is 5.75 Å². The monoisotopic (exact) mass is 292 g/mol. The first kappa shape index (κ1) is 14.4. The van der Waals surface area contributed by atoms with Crippen molar-refractivity contribution in [2.45, 2.75) is 6.92 Å². The van der Waals surface area contributed by atoms with E-state index >= 15 is 0 Å². The standard InChI is InChI=1S/C13H9FN2O5/c1-7-2-3-8(14)6-11(7)21-12-10(16(19)20)5-4-9(15-12)13(17)18/h2-6H,1H3,(H,17,18). The second-order valence-corrected chi connectivity index (χ2v) is 4.09. The van der Waals surface area contributed by atoms with E-state index in [9.17, 15) is 19.3 Å². The topological polar surface area (TPSA) is 103 Å². The van der Waals surface area contributed by atoms with Crippen LogP contribution in [0.4, 0.5) is 10.1 Å². The van der Waals surface area contributed by atoms with Crippen molar-refractivity contribution >= 4 is 11.7 Å². The summed E-state index contributed by atoms with van der Waals surface area (Å²) in [5.41, 5.74) is -0.401. The Balaban J connectivity index is 2.50. The molecule has 2 rings (SSSR count). The van der Waals surface area contributed by atoms with E-state index in [0.717, 1.165) is 18.2 Å². The third kappa shape index (κ3) is 3.11. The highest BCUT2D eigenvalue weighted by molar-refractivity contribution is 5.85. The fourth-order valence-corrected chi connectivity index (χ4v) is 1.55. The van der Waals surface area contributed by atoms with E-state index < -0.39 is 34.0 Å². The smallest absolute Gasteiger partial charge is 0.354 e. The number of carboxylic acids is 1. The molecule has 8 heteroatoms. The van der Waals surface area contributed by atoms with E-state index in [2.05, 4.69) is 4.98 Å². The van der Waals surface area contributed by atoms with Gasteiger partial charge in [-0.3, -0.25) is 10.1 Å². The van der Waals surface area contributed by atoms with E-state index in [1.54, 1.807) is 6.92 Å². The summed E-state index contributed by atoms with van der Waals surface area (Å²) in [4.78, 5) is 24.6. The van der Waals surface area contributed by atoms with Crippen molar-refractivity contribution in [2.75, 3.05) is 0 Å². The minimum absolute atomic E-state index is 0.0214. The van der Waals surface area contributed by atoms with Gasteiger partial charge in [-0.05, 0) is 24.6 Å². The first-order chi connectivity index (χ1) is 9.88. The van der Waals surface area contributed by atoms with Crippen LogP contribution in [0.15, 0.2) is 30.3 Å². The molecule has 0 radical (unpaired) electrons. The normalized spacial score (nSPS) is 10.2. The van der Waals surface area contributed by atoms with Gasteiger partial charge in [0, 0.05) is 12.1 Å². The number of benzene rings is 1. The third-order valence-corrected chi connectivity index (χ3v) is 2.61. The summed E-state index contributed by atoms with van der Waals surface area (Å²) < 4.78 is 18.4. The Morgan fingerprint density at radius 1 is 1.38 bits per heavy atom. The molecule has 7 nitrogen and oxygen atoms in total. The Bertz CT molecular complexity index is 732. The molecule has 1 heterocycles. The third-order valence-electron chi connectivity index (χ3n) is 2.61. The zero-order chi connectivity index (χ0) is 15.6. The molecule has 0 unspecified atom stereocenters. The highest BCUT2D eigenvalue weighted by Crippen LogP contribution is 2.31. The number of halogens is 1. The number of carboxylic acid groups (broad SMARTS) is 1. The van der Waals surface area contributed by atoms with Crippen LogP contribution in [0.3, 0.4) is 0 Å². The first-order valence-corrected chi connectivity index (χ1v) is 5.71. The lowest BCUT2D eigenvalue weighted by atomic mass is 10.2. The molecule has 0 aliphatic heterocycles. The van der Waals surface area contributed by atoms with Crippen LogP contribution in [0.2, 0.25) is 0 Å². The van der Waals surface area contributed by atoms with Crippen LogP contribution in [-0.2, 0) is 0 Å². The number of aromatic carboxylic acids is 1. The summed E-state index contributed by atoms with van der Waals surface area (Å²) in [6, 6.07) is 5.63. The molecular formula is C13H9FN2O5. The summed E-state index contributed by atoms with van der Waals surface area (Å²) >= 11 is 0. The van der Waals surface area contributed by atoms with Gasteiger partial charge in [-0.15, -0.1) is 0 Å². The molecule has 1 aromatic heterocycles. The lowest BCUT2D eigenvalue weighted by molar-refractivity contribution is -0.386. The average Bonchev–Trinajstić information content (AvgIpc) is 2.42. The van der Waals surface area contributed by atoms with Gasteiger partial charge in [0.2, 0.25) is 0 Å².